The number of carbonyl (C=O) groups is 1. The molecule has 110 valence electrons. The molecule has 0 fully saturated rings. The van der Waals surface area contributed by atoms with Crippen LogP contribution in [-0.2, 0) is 6.42 Å². The first-order valence-corrected chi connectivity index (χ1v) is 7.83. The molecule has 0 saturated carbocycles. The van der Waals surface area contributed by atoms with Gasteiger partial charge >= 0.3 is 0 Å². The molecule has 0 bridgehead atoms. The summed E-state index contributed by atoms with van der Waals surface area (Å²) in [6.07, 6.45) is 3.25. The standard InChI is InChI=1S/C14H12BrCl2N3O/c1-2-3-10-4-8(5-12(16)19-10)14(21)20-11-6-9(15)7-18-13(11)17/h4-7H,2-3H2,1H3,(H,20,21). The molecule has 21 heavy (non-hydrogen) atoms. The van der Waals surface area contributed by atoms with Crippen LogP contribution in [0.2, 0.25) is 10.3 Å². The highest BCUT2D eigenvalue weighted by atomic mass is 79.9. The number of amides is 1. The van der Waals surface area contributed by atoms with Gasteiger partial charge in [-0.3, -0.25) is 4.79 Å². The van der Waals surface area contributed by atoms with Crippen molar-refractivity contribution in [2.45, 2.75) is 19.8 Å². The number of nitrogens with zero attached hydrogens (tertiary/aromatic N) is 2. The highest BCUT2D eigenvalue weighted by Gasteiger charge is 2.12. The molecule has 0 unspecified atom stereocenters. The molecule has 0 atom stereocenters. The van der Waals surface area contributed by atoms with Crippen LogP contribution in [0.4, 0.5) is 5.69 Å². The minimum absolute atomic E-state index is 0.223. The highest BCUT2D eigenvalue weighted by molar-refractivity contribution is 9.10. The number of pyridine rings is 2. The maximum atomic E-state index is 12.3. The molecule has 2 heterocycles. The van der Waals surface area contributed by atoms with Crippen molar-refractivity contribution in [3.05, 3.63) is 50.4 Å². The van der Waals surface area contributed by atoms with Crippen molar-refractivity contribution in [1.82, 2.24) is 9.97 Å². The minimum atomic E-state index is -0.307. The van der Waals surface area contributed by atoms with Crippen LogP contribution in [0.3, 0.4) is 0 Å². The lowest BCUT2D eigenvalue weighted by Gasteiger charge is -2.08. The molecule has 4 nitrogen and oxygen atoms in total. The summed E-state index contributed by atoms with van der Waals surface area (Å²) in [5, 5.41) is 3.23. The third kappa shape index (κ3) is 4.40. The number of hydrogen-bond acceptors (Lipinski definition) is 3. The summed E-state index contributed by atoms with van der Waals surface area (Å²) in [6.45, 7) is 2.04. The van der Waals surface area contributed by atoms with Crippen LogP contribution in [0.1, 0.15) is 29.4 Å². The molecule has 0 aliphatic carbocycles. The number of anilines is 1. The summed E-state index contributed by atoms with van der Waals surface area (Å²) in [4.78, 5) is 20.4. The van der Waals surface area contributed by atoms with Crippen molar-refractivity contribution < 1.29 is 4.79 Å². The number of carbonyl (C=O) groups excluding carboxylic acids is 1. The molecule has 0 saturated heterocycles. The molecule has 0 aliphatic rings. The molecule has 0 aromatic carbocycles. The topological polar surface area (TPSA) is 54.9 Å². The number of aromatic nitrogens is 2. The maximum absolute atomic E-state index is 12.3. The van der Waals surface area contributed by atoms with Crippen molar-refractivity contribution in [3.8, 4) is 0 Å². The van der Waals surface area contributed by atoms with Crippen LogP contribution in [-0.4, -0.2) is 15.9 Å². The molecular weight excluding hydrogens is 377 g/mol. The largest absolute Gasteiger partial charge is 0.319 e. The number of halogens is 3. The van der Waals surface area contributed by atoms with Crippen molar-refractivity contribution in [1.29, 1.82) is 0 Å². The summed E-state index contributed by atoms with van der Waals surface area (Å²) < 4.78 is 0.724. The second kappa shape index (κ2) is 7.20. The van der Waals surface area contributed by atoms with Gasteiger partial charge in [0.15, 0.2) is 5.15 Å². The first-order valence-electron chi connectivity index (χ1n) is 6.28. The van der Waals surface area contributed by atoms with Gasteiger partial charge in [-0.05, 0) is 40.5 Å². The van der Waals surface area contributed by atoms with Crippen LogP contribution in [0.15, 0.2) is 28.9 Å². The third-order valence-corrected chi connectivity index (χ3v) is 3.60. The first-order chi connectivity index (χ1) is 9.99. The Morgan fingerprint density at radius 3 is 2.81 bits per heavy atom. The Morgan fingerprint density at radius 2 is 2.10 bits per heavy atom. The van der Waals surface area contributed by atoms with Gasteiger partial charge in [0.2, 0.25) is 0 Å². The summed E-state index contributed by atoms with van der Waals surface area (Å²) in [5.41, 5.74) is 1.66. The van der Waals surface area contributed by atoms with Gasteiger partial charge in [-0.2, -0.15) is 0 Å². The quantitative estimate of drug-likeness (QED) is 0.768. The molecule has 1 N–H and O–H groups in total. The molecule has 2 aromatic heterocycles. The molecule has 2 rings (SSSR count). The molecule has 7 heteroatoms. The van der Waals surface area contributed by atoms with E-state index in [9.17, 15) is 4.79 Å². The molecule has 1 amide bonds. The minimum Gasteiger partial charge on any atom is -0.319 e. The zero-order valence-corrected chi connectivity index (χ0v) is 14.3. The van der Waals surface area contributed by atoms with E-state index in [1.807, 2.05) is 6.92 Å². The van der Waals surface area contributed by atoms with E-state index in [1.165, 1.54) is 6.07 Å². The van der Waals surface area contributed by atoms with E-state index < -0.39 is 0 Å². The highest BCUT2D eigenvalue weighted by Crippen LogP contribution is 2.24. The van der Waals surface area contributed by atoms with E-state index in [-0.39, 0.29) is 11.1 Å². The van der Waals surface area contributed by atoms with Gasteiger partial charge < -0.3 is 5.32 Å². The number of nitrogens with one attached hydrogen (secondary N) is 1. The number of rotatable bonds is 4. The lowest BCUT2D eigenvalue weighted by atomic mass is 10.1. The maximum Gasteiger partial charge on any atom is 0.255 e. The monoisotopic (exact) mass is 387 g/mol. The zero-order valence-electron chi connectivity index (χ0n) is 11.2. The Hall–Kier alpha value is -1.17. The van der Waals surface area contributed by atoms with Gasteiger partial charge in [-0.1, -0.05) is 36.5 Å². The molecule has 2 aromatic rings. The predicted molar refractivity (Wildman–Crippen MR) is 88.1 cm³/mol. The van der Waals surface area contributed by atoms with Gasteiger partial charge in [0.05, 0.1) is 5.69 Å². The fourth-order valence-electron chi connectivity index (χ4n) is 1.77. The molecule has 0 radical (unpaired) electrons. The van der Waals surface area contributed by atoms with E-state index in [0.29, 0.717) is 16.4 Å². The zero-order chi connectivity index (χ0) is 15.4. The van der Waals surface area contributed by atoms with Gasteiger partial charge in [0.1, 0.15) is 5.15 Å². The van der Waals surface area contributed by atoms with E-state index >= 15 is 0 Å². The number of hydrogen-bond donors (Lipinski definition) is 1. The van der Waals surface area contributed by atoms with Gasteiger partial charge in [-0.25, -0.2) is 9.97 Å². The third-order valence-electron chi connectivity index (χ3n) is 2.67. The Morgan fingerprint density at radius 1 is 1.33 bits per heavy atom. The van der Waals surface area contributed by atoms with Crippen LogP contribution in [0, 0.1) is 0 Å². The van der Waals surface area contributed by atoms with E-state index in [4.69, 9.17) is 23.2 Å². The Kier molecular flexibility index (Phi) is 5.56. The summed E-state index contributed by atoms with van der Waals surface area (Å²) in [7, 11) is 0. The van der Waals surface area contributed by atoms with Crippen LogP contribution < -0.4 is 5.32 Å². The lowest BCUT2D eigenvalue weighted by molar-refractivity contribution is 0.102. The molecular formula is C14H12BrCl2N3O. The second-order valence-corrected chi connectivity index (χ2v) is 6.03. The number of aryl methyl sites for hydroxylation is 1. The fourth-order valence-corrected chi connectivity index (χ4v) is 2.48. The Bertz CT molecular complexity index is 679. The molecule has 0 aliphatic heterocycles. The second-order valence-electron chi connectivity index (χ2n) is 4.37. The van der Waals surface area contributed by atoms with Crippen molar-refractivity contribution in [2.75, 3.05) is 5.32 Å². The lowest BCUT2D eigenvalue weighted by Crippen LogP contribution is -2.13. The van der Waals surface area contributed by atoms with Gasteiger partial charge in [0.25, 0.3) is 5.91 Å². The van der Waals surface area contributed by atoms with Crippen LogP contribution in [0.5, 0.6) is 0 Å². The van der Waals surface area contributed by atoms with Gasteiger partial charge in [-0.15, -0.1) is 0 Å². The first kappa shape index (κ1) is 16.2. The van der Waals surface area contributed by atoms with Gasteiger partial charge in [0, 0.05) is 21.9 Å². The van der Waals surface area contributed by atoms with Crippen LogP contribution in [0.25, 0.3) is 0 Å². The van der Waals surface area contributed by atoms with E-state index in [1.54, 1.807) is 18.3 Å². The summed E-state index contributed by atoms with van der Waals surface area (Å²) in [5.74, 6) is -0.307. The SMILES string of the molecule is CCCc1cc(C(=O)Nc2cc(Br)cnc2Cl)cc(Cl)n1. The van der Waals surface area contributed by atoms with Crippen molar-refractivity contribution in [3.63, 3.8) is 0 Å². The average molecular weight is 389 g/mol. The van der Waals surface area contributed by atoms with E-state index in [2.05, 4.69) is 31.2 Å². The summed E-state index contributed by atoms with van der Waals surface area (Å²) >= 11 is 15.2. The fraction of sp³-hybridized carbons (Fsp3) is 0.214. The normalized spacial score (nSPS) is 10.5. The predicted octanol–water partition coefficient (Wildman–Crippen LogP) is 4.75. The Labute approximate surface area is 141 Å². The van der Waals surface area contributed by atoms with E-state index in [0.717, 1.165) is 23.0 Å². The average Bonchev–Trinajstić information content (AvgIpc) is 2.42. The smallest absolute Gasteiger partial charge is 0.255 e. The van der Waals surface area contributed by atoms with Crippen molar-refractivity contribution in [2.24, 2.45) is 0 Å². The Balaban J connectivity index is 2.25. The molecule has 0 spiro atoms. The summed E-state index contributed by atoms with van der Waals surface area (Å²) in [6, 6.07) is 4.93. The van der Waals surface area contributed by atoms with Crippen molar-refractivity contribution >= 4 is 50.7 Å². The van der Waals surface area contributed by atoms with Crippen LogP contribution >= 0.6 is 39.1 Å².